The van der Waals surface area contributed by atoms with Crippen LogP contribution >= 0.6 is 0 Å². The Morgan fingerprint density at radius 2 is 1.86 bits per heavy atom. The molecule has 3 atom stereocenters. The number of hydrogen-bond donors (Lipinski definition) is 0. The fourth-order valence-electron chi connectivity index (χ4n) is 5.17. The molecule has 21 heavy (non-hydrogen) atoms. The number of rotatable bonds is 4. The van der Waals surface area contributed by atoms with E-state index in [-0.39, 0.29) is 0 Å². The summed E-state index contributed by atoms with van der Waals surface area (Å²) in [6.45, 7) is 6.98. The third kappa shape index (κ3) is 3.52. The predicted octanol–water partition coefficient (Wildman–Crippen LogP) is 4.28. The van der Waals surface area contributed by atoms with Crippen molar-refractivity contribution in [3.05, 3.63) is 0 Å². The lowest BCUT2D eigenvalue weighted by molar-refractivity contribution is -0.126. The lowest BCUT2D eigenvalue weighted by Crippen LogP contribution is -2.42. The van der Waals surface area contributed by atoms with Gasteiger partial charge in [-0.05, 0) is 62.8 Å². The van der Waals surface area contributed by atoms with Crippen molar-refractivity contribution in [2.75, 3.05) is 13.1 Å². The summed E-state index contributed by atoms with van der Waals surface area (Å²) in [7, 11) is 0. The molecule has 2 saturated carbocycles. The molecule has 2 heteroatoms. The highest BCUT2D eigenvalue weighted by molar-refractivity contribution is 5.82. The third-order valence-electron chi connectivity index (χ3n) is 6.56. The molecule has 0 bridgehead atoms. The summed E-state index contributed by atoms with van der Waals surface area (Å²) >= 11 is 0. The Labute approximate surface area is 130 Å². The van der Waals surface area contributed by atoms with Crippen LogP contribution in [-0.2, 0) is 4.79 Å². The molecule has 3 aliphatic rings. The SMILES string of the molecule is CC(C)C1CCC(=O)C(CN2CCCC2C2CCCC2)C1. The number of hydrogen-bond acceptors (Lipinski definition) is 2. The second kappa shape index (κ2) is 6.81. The van der Waals surface area contributed by atoms with Crippen LogP contribution in [0.15, 0.2) is 0 Å². The average molecular weight is 291 g/mol. The van der Waals surface area contributed by atoms with Gasteiger partial charge < -0.3 is 0 Å². The van der Waals surface area contributed by atoms with E-state index in [1.165, 1.54) is 45.1 Å². The van der Waals surface area contributed by atoms with Crippen LogP contribution in [0, 0.1) is 23.7 Å². The van der Waals surface area contributed by atoms with Crippen LogP contribution in [0.5, 0.6) is 0 Å². The van der Waals surface area contributed by atoms with Gasteiger partial charge in [0.2, 0.25) is 0 Å². The van der Waals surface area contributed by atoms with Gasteiger partial charge in [-0.1, -0.05) is 26.7 Å². The minimum absolute atomic E-state index is 0.341. The number of likely N-dealkylation sites (tertiary alicyclic amines) is 1. The first-order chi connectivity index (χ1) is 10.1. The van der Waals surface area contributed by atoms with Crippen molar-refractivity contribution in [1.29, 1.82) is 0 Å². The molecule has 1 heterocycles. The summed E-state index contributed by atoms with van der Waals surface area (Å²) in [6.07, 6.45) is 11.6. The van der Waals surface area contributed by atoms with Gasteiger partial charge in [0.15, 0.2) is 0 Å². The Morgan fingerprint density at radius 1 is 1.10 bits per heavy atom. The molecular weight excluding hydrogens is 258 g/mol. The van der Waals surface area contributed by atoms with Crippen LogP contribution in [0.1, 0.15) is 71.6 Å². The fraction of sp³-hybridized carbons (Fsp3) is 0.947. The van der Waals surface area contributed by atoms with Crippen LogP contribution in [0.2, 0.25) is 0 Å². The van der Waals surface area contributed by atoms with E-state index in [0.29, 0.717) is 11.7 Å². The van der Waals surface area contributed by atoms with E-state index in [1.54, 1.807) is 0 Å². The van der Waals surface area contributed by atoms with Crippen LogP contribution < -0.4 is 0 Å². The minimum Gasteiger partial charge on any atom is -0.299 e. The molecule has 3 fully saturated rings. The van der Waals surface area contributed by atoms with Crippen molar-refractivity contribution >= 4 is 5.78 Å². The van der Waals surface area contributed by atoms with E-state index in [9.17, 15) is 4.79 Å². The lowest BCUT2D eigenvalue weighted by atomic mass is 9.75. The Bertz CT molecular complexity index is 359. The van der Waals surface area contributed by atoms with Crippen molar-refractivity contribution < 1.29 is 4.79 Å². The van der Waals surface area contributed by atoms with Gasteiger partial charge >= 0.3 is 0 Å². The highest BCUT2D eigenvalue weighted by atomic mass is 16.1. The third-order valence-corrected chi connectivity index (χ3v) is 6.56. The lowest BCUT2D eigenvalue weighted by Gasteiger charge is -2.36. The van der Waals surface area contributed by atoms with Gasteiger partial charge in [-0.2, -0.15) is 0 Å². The molecule has 0 radical (unpaired) electrons. The van der Waals surface area contributed by atoms with Crippen LogP contribution in [0.4, 0.5) is 0 Å². The molecule has 0 aromatic heterocycles. The topological polar surface area (TPSA) is 20.3 Å². The molecule has 3 rings (SSSR count). The summed E-state index contributed by atoms with van der Waals surface area (Å²) in [5, 5.41) is 0. The molecule has 0 aromatic carbocycles. The molecule has 120 valence electrons. The zero-order valence-corrected chi connectivity index (χ0v) is 14.0. The average Bonchev–Trinajstić information content (AvgIpc) is 3.11. The zero-order valence-electron chi connectivity index (χ0n) is 14.0. The van der Waals surface area contributed by atoms with E-state index in [1.807, 2.05) is 0 Å². The second-order valence-corrected chi connectivity index (χ2v) is 8.19. The summed E-state index contributed by atoms with van der Waals surface area (Å²) < 4.78 is 0. The molecule has 0 spiro atoms. The first kappa shape index (κ1) is 15.5. The normalized spacial score (nSPS) is 36.0. The molecule has 2 aliphatic carbocycles. The molecule has 0 amide bonds. The van der Waals surface area contributed by atoms with Gasteiger partial charge in [-0.3, -0.25) is 9.69 Å². The first-order valence-corrected chi connectivity index (χ1v) is 9.42. The highest BCUT2D eigenvalue weighted by Gasteiger charge is 2.37. The van der Waals surface area contributed by atoms with Crippen molar-refractivity contribution in [1.82, 2.24) is 4.90 Å². The van der Waals surface area contributed by atoms with Gasteiger partial charge in [0.05, 0.1) is 0 Å². The van der Waals surface area contributed by atoms with E-state index < -0.39 is 0 Å². The van der Waals surface area contributed by atoms with Gasteiger partial charge in [-0.15, -0.1) is 0 Å². The quantitative estimate of drug-likeness (QED) is 0.770. The molecule has 0 aromatic rings. The maximum atomic E-state index is 12.4. The Kier molecular flexibility index (Phi) is 5.03. The van der Waals surface area contributed by atoms with Gasteiger partial charge in [-0.25, -0.2) is 0 Å². The van der Waals surface area contributed by atoms with Gasteiger partial charge in [0, 0.05) is 24.9 Å². The number of Topliss-reactive ketones (excluding diaryl/α,β-unsaturated/α-hetero) is 1. The maximum absolute atomic E-state index is 12.4. The van der Waals surface area contributed by atoms with Gasteiger partial charge in [0.25, 0.3) is 0 Å². The van der Waals surface area contributed by atoms with Crippen LogP contribution in [-0.4, -0.2) is 29.8 Å². The van der Waals surface area contributed by atoms with Crippen molar-refractivity contribution in [3.63, 3.8) is 0 Å². The van der Waals surface area contributed by atoms with E-state index in [0.717, 1.165) is 49.6 Å². The summed E-state index contributed by atoms with van der Waals surface area (Å²) in [4.78, 5) is 15.1. The summed E-state index contributed by atoms with van der Waals surface area (Å²) in [5.41, 5.74) is 0. The molecular formula is C19H33NO. The Hall–Kier alpha value is -0.370. The number of carbonyl (C=O) groups is 1. The van der Waals surface area contributed by atoms with E-state index >= 15 is 0 Å². The first-order valence-electron chi connectivity index (χ1n) is 9.42. The highest BCUT2D eigenvalue weighted by Crippen LogP contribution is 2.38. The summed E-state index contributed by atoms with van der Waals surface area (Å²) in [5.74, 6) is 3.36. The molecule has 1 saturated heterocycles. The number of ketones is 1. The molecule has 0 N–H and O–H groups in total. The summed E-state index contributed by atoms with van der Waals surface area (Å²) in [6, 6.07) is 0.805. The molecule has 2 nitrogen and oxygen atoms in total. The number of nitrogens with zero attached hydrogens (tertiary/aromatic N) is 1. The van der Waals surface area contributed by atoms with Crippen LogP contribution in [0.3, 0.4) is 0 Å². The van der Waals surface area contributed by atoms with Crippen molar-refractivity contribution in [2.24, 2.45) is 23.7 Å². The molecule has 1 aliphatic heterocycles. The van der Waals surface area contributed by atoms with Gasteiger partial charge in [0.1, 0.15) is 5.78 Å². The zero-order chi connectivity index (χ0) is 14.8. The standard InChI is InChI=1S/C19H33NO/c1-14(2)16-9-10-19(21)17(12-16)13-20-11-5-8-18(20)15-6-3-4-7-15/h14-18H,3-13H2,1-2H3. The minimum atomic E-state index is 0.341. The molecule has 3 unspecified atom stereocenters. The predicted molar refractivity (Wildman–Crippen MR) is 87.2 cm³/mol. The maximum Gasteiger partial charge on any atom is 0.137 e. The Morgan fingerprint density at radius 3 is 2.57 bits per heavy atom. The van der Waals surface area contributed by atoms with E-state index in [4.69, 9.17) is 0 Å². The fourth-order valence-corrected chi connectivity index (χ4v) is 5.17. The van der Waals surface area contributed by atoms with Crippen molar-refractivity contribution in [2.45, 2.75) is 77.7 Å². The van der Waals surface area contributed by atoms with E-state index in [2.05, 4.69) is 18.7 Å². The smallest absolute Gasteiger partial charge is 0.137 e. The Balaban J connectivity index is 1.59. The second-order valence-electron chi connectivity index (χ2n) is 8.19. The van der Waals surface area contributed by atoms with Crippen molar-refractivity contribution in [3.8, 4) is 0 Å². The number of carbonyl (C=O) groups excluding carboxylic acids is 1. The monoisotopic (exact) mass is 291 g/mol. The van der Waals surface area contributed by atoms with Crippen LogP contribution in [0.25, 0.3) is 0 Å². The largest absolute Gasteiger partial charge is 0.299 e.